The van der Waals surface area contributed by atoms with E-state index in [9.17, 15) is 4.79 Å². The van der Waals surface area contributed by atoms with E-state index in [2.05, 4.69) is 13.8 Å². The first-order chi connectivity index (χ1) is 4.10. The zero-order chi connectivity index (χ0) is 7.07. The van der Waals surface area contributed by atoms with Gasteiger partial charge in [0.15, 0.2) is 0 Å². The number of hydrogen-bond acceptors (Lipinski definition) is 1. The molecule has 0 aromatic heterocycles. The molecule has 1 fully saturated rings. The summed E-state index contributed by atoms with van der Waals surface area (Å²) in [5, 5.41) is 0. The average Bonchev–Trinajstić information content (AvgIpc) is 2.44. The third-order valence-electron chi connectivity index (χ3n) is 2.50. The van der Waals surface area contributed by atoms with Gasteiger partial charge in [0, 0.05) is 5.92 Å². The lowest BCUT2D eigenvalue weighted by Crippen LogP contribution is -2.16. The highest BCUT2D eigenvalue weighted by Crippen LogP contribution is 2.54. The molecule has 0 unspecified atom stereocenters. The van der Waals surface area contributed by atoms with Crippen LogP contribution in [0.1, 0.15) is 26.7 Å². The van der Waals surface area contributed by atoms with Crippen LogP contribution in [-0.4, -0.2) is 5.91 Å². The summed E-state index contributed by atoms with van der Waals surface area (Å²) in [6.07, 6.45) is 2.07. The van der Waals surface area contributed by atoms with Crippen molar-refractivity contribution in [3.63, 3.8) is 0 Å². The number of amides is 1. The molecule has 52 valence electrons. The standard InChI is InChI=1S/C7H13NO/c1-3-7(2)4-5(7)6(8)9/h5H,3-4H2,1-2H3,(H2,8,9)/t5-,7-/m1/s1. The van der Waals surface area contributed by atoms with Gasteiger partial charge in [-0.1, -0.05) is 13.8 Å². The fourth-order valence-electron chi connectivity index (χ4n) is 1.24. The normalized spacial score (nSPS) is 40.4. The van der Waals surface area contributed by atoms with Gasteiger partial charge in [0.2, 0.25) is 5.91 Å². The van der Waals surface area contributed by atoms with E-state index in [0.29, 0.717) is 0 Å². The van der Waals surface area contributed by atoms with Crippen LogP contribution in [0.2, 0.25) is 0 Å². The number of rotatable bonds is 2. The van der Waals surface area contributed by atoms with Gasteiger partial charge in [-0.15, -0.1) is 0 Å². The van der Waals surface area contributed by atoms with Crippen LogP contribution in [0.5, 0.6) is 0 Å². The van der Waals surface area contributed by atoms with Crippen LogP contribution in [0, 0.1) is 11.3 Å². The second-order valence-corrected chi connectivity index (χ2v) is 3.17. The maximum atomic E-state index is 10.6. The first kappa shape index (κ1) is 6.59. The van der Waals surface area contributed by atoms with Gasteiger partial charge < -0.3 is 5.73 Å². The zero-order valence-corrected chi connectivity index (χ0v) is 5.98. The minimum atomic E-state index is -0.126. The van der Waals surface area contributed by atoms with E-state index >= 15 is 0 Å². The fourth-order valence-corrected chi connectivity index (χ4v) is 1.24. The summed E-state index contributed by atoms with van der Waals surface area (Å²) in [6.45, 7) is 4.21. The van der Waals surface area contributed by atoms with Crippen molar-refractivity contribution in [2.24, 2.45) is 17.1 Å². The first-order valence-electron chi connectivity index (χ1n) is 3.39. The van der Waals surface area contributed by atoms with Gasteiger partial charge >= 0.3 is 0 Å². The molecule has 2 nitrogen and oxygen atoms in total. The van der Waals surface area contributed by atoms with Gasteiger partial charge in [0.1, 0.15) is 0 Å². The molecule has 0 heterocycles. The van der Waals surface area contributed by atoms with Crippen LogP contribution >= 0.6 is 0 Å². The van der Waals surface area contributed by atoms with Crippen molar-refractivity contribution in [3.05, 3.63) is 0 Å². The second kappa shape index (κ2) is 1.72. The molecule has 1 aliphatic rings. The summed E-state index contributed by atoms with van der Waals surface area (Å²) < 4.78 is 0. The van der Waals surface area contributed by atoms with E-state index in [0.717, 1.165) is 12.8 Å². The third-order valence-corrected chi connectivity index (χ3v) is 2.50. The summed E-state index contributed by atoms with van der Waals surface area (Å²) in [7, 11) is 0. The summed E-state index contributed by atoms with van der Waals surface area (Å²) in [4.78, 5) is 10.6. The van der Waals surface area contributed by atoms with E-state index in [1.165, 1.54) is 0 Å². The highest BCUT2D eigenvalue weighted by molar-refractivity contribution is 5.80. The molecule has 0 bridgehead atoms. The van der Waals surface area contributed by atoms with Crippen molar-refractivity contribution >= 4 is 5.91 Å². The predicted molar refractivity (Wildman–Crippen MR) is 35.7 cm³/mol. The van der Waals surface area contributed by atoms with E-state index < -0.39 is 0 Å². The van der Waals surface area contributed by atoms with E-state index in [4.69, 9.17) is 5.73 Å². The Bertz CT molecular complexity index is 144. The van der Waals surface area contributed by atoms with E-state index in [1.807, 2.05) is 0 Å². The van der Waals surface area contributed by atoms with Crippen molar-refractivity contribution in [3.8, 4) is 0 Å². The molecule has 0 aromatic carbocycles. The molecular formula is C7H13NO. The lowest BCUT2D eigenvalue weighted by molar-refractivity contribution is -0.119. The Morgan fingerprint density at radius 3 is 2.56 bits per heavy atom. The lowest BCUT2D eigenvalue weighted by Gasteiger charge is -2.02. The molecule has 9 heavy (non-hydrogen) atoms. The smallest absolute Gasteiger partial charge is 0.221 e. The number of primary amides is 1. The molecule has 1 amide bonds. The van der Waals surface area contributed by atoms with Crippen LogP contribution in [-0.2, 0) is 4.79 Å². The van der Waals surface area contributed by atoms with Crippen molar-refractivity contribution in [1.29, 1.82) is 0 Å². The van der Waals surface area contributed by atoms with Crippen LogP contribution in [0.4, 0.5) is 0 Å². The topological polar surface area (TPSA) is 43.1 Å². The summed E-state index contributed by atoms with van der Waals surface area (Å²) >= 11 is 0. The van der Waals surface area contributed by atoms with Crippen molar-refractivity contribution in [2.45, 2.75) is 26.7 Å². The molecule has 0 saturated heterocycles. The molecule has 2 N–H and O–H groups in total. The molecule has 1 saturated carbocycles. The molecule has 0 aliphatic heterocycles. The van der Waals surface area contributed by atoms with E-state index in [1.54, 1.807) is 0 Å². The Labute approximate surface area is 55.4 Å². The van der Waals surface area contributed by atoms with Gasteiger partial charge in [-0.05, 0) is 18.3 Å². The minimum absolute atomic E-state index is 0.126. The van der Waals surface area contributed by atoms with Gasteiger partial charge in [0.05, 0.1) is 0 Å². The fraction of sp³-hybridized carbons (Fsp3) is 0.857. The van der Waals surface area contributed by atoms with Crippen LogP contribution in [0.3, 0.4) is 0 Å². The van der Waals surface area contributed by atoms with Gasteiger partial charge in [-0.3, -0.25) is 4.79 Å². The zero-order valence-electron chi connectivity index (χ0n) is 5.98. The molecule has 0 radical (unpaired) electrons. The Morgan fingerprint density at radius 2 is 2.44 bits per heavy atom. The Hall–Kier alpha value is -0.530. The predicted octanol–water partition coefficient (Wildman–Crippen LogP) is 0.908. The van der Waals surface area contributed by atoms with Gasteiger partial charge in [-0.25, -0.2) is 0 Å². The third kappa shape index (κ3) is 0.934. The average molecular weight is 127 g/mol. The Morgan fingerprint density at radius 1 is 1.89 bits per heavy atom. The SMILES string of the molecule is CC[C@]1(C)C[C@@H]1C(N)=O. The molecular weight excluding hydrogens is 114 g/mol. The summed E-state index contributed by atoms with van der Waals surface area (Å²) in [5.74, 6) is 0.0434. The summed E-state index contributed by atoms with van der Waals surface area (Å²) in [5.41, 5.74) is 5.37. The first-order valence-corrected chi connectivity index (χ1v) is 3.39. The Kier molecular flexibility index (Phi) is 1.26. The van der Waals surface area contributed by atoms with Gasteiger partial charge in [0.25, 0.3) is 0 Å². The Balaban J connectivity index is 2.48. The number of hydrogen-bond donors (Lipinski definition) is 1. The lowest BCUT2D eigenvalue weighted by atomic mass is 10.0. The number of carbonyl (C=O) groups is 1. The molecule has 0 spiro atoms. The van der Waals surface area contributed by atoms with Gasteiger partial charge in [-0.2, -0.15) is 0 Å². The van der Waals surface area contributed by atoms with Crippen LogP contribution < -0.4 is 5.73 Å². The van der Waals surface area contributed by atoms with E-state index in [-0.39, 0.29) is 17.2 Å². The second-order valence-electron chi connectivity index (χ2n) is 3.17. The molecule has 1 aliphatic carbocycles. The molecule has 2 atom stereocenters. The number of nitrogens with two attached hydrogens (primary N) is 1. The molecule has 2 heteroatoms. The van der Waals surface area contributed by atoms with Crippen LogP contribution in [0.25, 0.3) is 0 Å². The maximum Gasteiger partial charge on any atom is 0.221 e. The van der Waals surface area contributed by atoms with Crippen molar-refractivity contribution < 1.29 is 4.79 Å². The highest BCUT2D eigenvalue weighted by Gasteiger charge is 2.51. The largest absolute Gasteiger partial charge is 0.369 e. The minimum Gasteiger partial charge on any atom is -0.369 e. The monoisotopic (exact) mass is 127 g/mol. The highest BCUT2D eigenvalue weighted by atomic mass is 16.1. The summed E-state index contributed by atoms with van der Waals surface area (Å²) in [6, 6.07) is 0. The number of carbonyl (C=O) groups excluding carboxylic acids is 1. The molecule has 0 aromatic rings. The molecule has 1 rings (SSSR count). The quantitative estimate of drug-likeness (QED) is 0.588. The van der Waals surface area contributed by atoms with Crippen molar-refractivity contribution in [1.82, 2.24) is 0 Å². The maximum absolute atomic E-state index is 10.6. The van der Waals surface area contributed by atoms with Crippen LogP contribution in [0.15, 0.2) is 0 Å². The van der Waals surface area contributed by atoms with Crippen molar-refractivity contribution in [2.75, 3.05) is 0 Å².